The third-order valence-electron chi connectivity index (χ3n) is 13.4. The SMILES string of the molecule is CCC(C)CCCC(=O)N[C@@H](CCN)C(=O)N[C@H](C(=O)N[C@@H](CCN)C(=O)N[C@H]1CCNC(=O)[C@H]([C@@H](C)O)NC(=O)[C@H](CCN)NC(=O)[C@H](CCN)NC(=O)[C@H](CC(C)C)NC(=O)[C@@H](CC(C)C)NC(=O)[C@H](CCN)NC1=O)[C@@H](C)O. The average molecular weight is 1160 g/mol. The van der Waals surface area contributed by atoms with E-state index in [1.807, 2.05) is 6.92 Å². The van der Waals surface area contributed by atoms with Gasteiger partial charge in [0.05, 0.1) is 12.2 Å². The van der Waals surface area contributed by atoms with Gasteiger partial charge < -0.3 is 97.4 Å². The fourth-order valence-electron chi connectivity index (χ4n) is 8.60. The van der Waals surface area contributed by atoms with Crippen LogP contribution in [0.4, 0.5) is 0 Å². The summed E-state index contributed by atoms with van der Waals surface area (Å²) in [5.74, 6) is -9.60. The minimum atomic E-state index is -1.69. The maximum absolute atomic E-state index is 14.4. The molecule has 29 nitrogen and oxygen atoms in total. The van der Waals surface area contributed by atoms with Gasteiger partial charge in [-0.15, -0.1) is 0 Å². The van der Waals surface area contributed by atoms with Crippen molar-refractivity contribution in [3.8, 4) is 0 Å². The van der Waals surface area contributed by atoms with Gasteiger partial charge in [0, 0.05) is 13.0 Å². The molecule has 29 heteroatoms. The molecule has 11 amide bonds. The smallest absolute Gasteiger partial charge is 0.245 e. The monoisotopic (exact) mass is 1150 g/mol. The number of carbonyl (C=O) groups is 11. The summed E-state index contributed by atoms with van der Waals surface area (Å²) in [7, 11) is 0. The molecule has 13 atom stereocenters. The number of rotatable bonds is 28. The van der Waals surface area contributed by atoms with E-state index in [4.69, 9.17) is 28.7 Å². The molecule has 1 unspecified atom stereocenters. The first-order chi connectivity index (χ1) is 38.2. The van der Waals surface area contributed by atoms with Crippen molar-refractivity contribution in [1.82, 2.24) is 58.5 Å². The normalized spacial score (nSPS) is 23.6. The van der Waals surface area contributed by atoms with Crippen molar-refractivity contribution < 1.29 is 63.0 Å². The number of carbonyl (C=O) groups excluding carboxylic acids is 11. The lowest BCUT2D eigenvalue weighted by Crippen LogP contribution is -2.62. The first kappa shape index (κ1) is 72.9. The van der Waals surface area contributed by atoms with Gasteiger partial charge >= 0.3 is 0 Å². The molecule has 0 spiro atoms. The number of aliphatic hydroxyl groups is 2. The second-order valence-electron chi connectivity index (χ2n) is 21.6. The number of amides is 11. The van der Waals surface area contributed by atoms with Crippen molar-refractivity contribution in [3.63, 3.8) is 0 Å². The molecule has 81 heavy (non-hydrogen) atoms. The van der Waals surface area contributed by atoms with E-state index in [9.17, 15) is 63.0 Å². The van der Waals surface area contributed by atoms with E-state index in [1.54, 1.807) is 27.7 Å². The highest BCUT2D eigenvalue weighted by Crippen LogP contribution is 2.13. The molecule has 0 aromatic heterocycles. The molecular weight excluding hydrogens is 1060 g/mol. The molecule has 0 aromatic rings. The van der Waals surface area contributed by atoms with Crippen LogP contribution < -0.4 is 87.2 Å². The molecule has 1 fully saturated rings. The molecule has 1 aliphatic rings. The highest BCUT2D eigenvalue weighted by molar-refractivity contribution is 5.99. The molecule has 464 valence electrons. The van der Waals surface area contributed by atoms with Crippen LogP contribution in [0.15, 0.2) is 0 Å². The Bertz CT molecular complexity index is 2050. The lowest BCUT2D eigenvalue weighted by atomic mass is 9.99. The van der Waals surface area contributed by atoms with E-state index >= 15 is 0 Å². The summed E-state index contributed by atoms with van der Waals surface area (Å²) in [4.78, 5) is 153. The summed E-state index contributed by atoms with van der Waals surface area (Å²) in [5, 5.41) is 49.5. The Balaban J connectivity index is 3.84. The van der Waals surface area contributed by atoms with Crippen LogP contribution in [0.2, 0.25) is 0 Å². The summed E-state index contributed by atoms with van der Waals surface area (Å²) in [6.07, 6.45) is -1.79. The van der Waals surface area contributed by atoms with Crippen LogP contribution >= 0.6 is 0 Å². The minimum Gasteiger partial charge on any atom is -0.391 e. The van der Waals surface area contributed by atoms with Crippen molar-refractivity contribution in [3.05, 3.63) is 0 Å². The summed E-state index contributed by atoms with van der Waals surface area (Å²) >= 11 is 0. The van der Waals surface area contributed by atoms with Gasteiger partial charge in [-0.2, -0.15) is 0 Å². The molecule has 0 bridgehead atoms. The molecule has 1 rings (SSSR count). The largest absolute Gasteiger partial charge is 0.391 e. The van der Waals surface area contributed by atoms with Gasteiger partial charge in [0.2, 0.25) is 65.0 Å². The lowest BCUT2D eigenvalue weighted by molar-refractivity contribution is -0.137. The molecule has 0 aliphatic carbocycles. The first-order valence-corrected chi connectivity index (χ1v) is 28.3. The van der Waals surface area contributed by atoms with Crippen LogP contribution in [0.1, 0.15) is 132 Å². The summed E-state index contributed by atoms with van der Waals surface area (Å²) in [6, 6.07) is -14.5. The minimum absolute atomic E-state index is 0.0146. The zero-order valence-corrected chi connectivity index (χ0v) is 48.7. The van der Waals surface area contributed by atoms with Crippen LogP contribution in [0.25, 0.3) is 0 Å². The Morgan fingerprint density at radius 1 is 0.531 bits per heavy atom. The number of aliphatic hydroxyl groups excluding tert-OH is 2. The summed E-state index contributed by atoms with van der Waals surface area (Å²) in [6.45, 7) is 12.5. The highest BCUT2D eigenvalue weighted by atomic mass is 16.3. The Morgan fingerprint density at radius 3 is 1.38 bits per heavy atom. The second kappa shape index (κ2) is 38.6. The predicted molar refractivity (Wildman–Crippen MR) is 301 cm³/mol. The summed E-state index contributed by atoms with van der Waals surface area (Å²) in [5.41, 5.74) is 29.2. The first-order valence-electron chi connectivity index (χ1n) is 28.3. The molecular formula is C52H98N16O13. The fourth-order valence-corrected chi connectivity index (χ4v) is 8.60. The maximum atomic E-state index is 14.4. The van der Waals surface area contributed by atoms with E-state index in [-0.39, 0.29) is 95.9 Å². The van der Waals surface area contributed by atoms with Crippen LogP contribution in [-0.2, 0) is 52.7 Å². The van der Waals surface area contributed by atoms with Gasteiger partial charge in [-0.1, -0.05) is 54.4 Å². The Hall–Kier alpha value is -6.11. The summed E-state index contributed by atoms with van der Waals surface area (Å²) < 4.78 is 0. The van der Waals surface area contributed by atoms with Crippen LogP contribution in [0.3, 0.4) is 0 Å². The Morgan fingerprint density at radius 2 is 0.963 bits per heavy atom. The van der Waals surface area contributed by atoms with Gasteiger partial charge in [0.1, 0.15) is 60.4 Å². The molecule has 1 heterocycles. The number of hydrogen-bond donors (Lipinski definition) is 18. The predicted octanol–water partition coefficient (Wildman–Crippen LogP) is -5.83. The molecule has 0 aromatic carbocycles. The average Bonchev–Trinajstić information content (AvgIpc) is 3.41. The van der Waals surface area contributed by atoms with Gasteiger partial charge in [0.15, 0.2) is 0 Å². The zero-order valence-electron chi connectivity index (χ0n) is 48.7. The van der Waals surface area contributed by atoms with E-state index in [1.165, 1.54) is 13.8 Å². The molecule has 0 radical (unpaired) electrons. The van der Waals surface area contributed by atoms with Gasteiger partial charge in [0.25, 0.3) is 0 Å². The topological polar surface area (TPSA) is 491 Å². The van der Waals surface area contributed by atoms with Gasteiger partial charge in [-0.25, -0.2) is 0 Å². The molecule has 23 N–H and O–H groups in total. The Labute approximate surface area is 475 Å². The van der Waals surface area contributed by atoms with E-state index in [0.717, 1.165) is 12.8 Å². The fraction of sp³-hybridized carbons (Fsp3) is 0.788. The van der Waals surface area contributed by atoms with Crippen LogP contribution in [0.5, 0.6) is 0 Å². The van der Waals surface area contributed by atoms with E-state index in [2.05, 4.69) is 65.4 Å². The second-order valence-corrected chi connectivity index (χ2v) is 21.6. The molecule has 1 saturated heterocycles. The third kappa shape index (κ3) is 27.0. The molecule has 1 aliphatic heterocycles. The quantitative estimate of drug-likeness (QED) is 0.0347. The van der Waals surface area contributed by atoms with E-state index in [0.29, 0.717) is 12.3 Å². The maximum Gasteiger partial charge on any atom is 0.245 e. The number of hydrogen-bond acceptors (Lipinski definition) is 18. The third-order valence-corrected chi connectivity index (χ3v) is 13.4. The van der Waals surface area contributed by atoms with Crippen molar-refractivity contribution in [2.75, 3.05) is 39.3 Å². The lowest BCUT2D eigenvalue weighted by Gasteiger charge is -2.29. The zero-order chi connectivity index (χ0) is 61.5. The van der Waals surface area contributed by atoms with Crippen molar-refractivity contribution in [2.24, 2.45) is 46.4 Å². The number of nitrogens with one attached hydrogen (secondary N) is 11. The Kier molecular flexibility index (Phi) is 34.7. The molecule has 0 saturated carbocycles. The van der Waals surface area contributed by atoms with Crippen molar-refractivity contribution in [1.29, 1.82) is 0 Å². The van der Waals surface area contributed by atoms with Crippen LogP contribution in [0, 0.1) is 17.8 Å². The van der Waals surface area contributed by atoms with Gasteiger partial charge in [-0.05, 0) is 122 Å². The van der Waals surface area contributed by atoms with Gasteiger partial charge in [-0.3, -0.25) is 52.7 Å². The van der Waals surface area contributed by atoms with Crippen molar-refractivity contribution in [2.45, 2.75) is 205 Å². The number of nitrogens with two attached hydrogens (primary N) is 5. The van der Waals surface area contributed by atoms with Crippen molar-refractivity contribution >= 4 is 65.0 Å². The highest BCUT2D eigenvalue weighted by Gasteiger charge is 2.37. The van der Waals surface area contributed by atoms with Crippen LogP contribution in [-0.4, -0.2) is 187 Å². The van der Waals surface area contributed by atoms with E-state index < -0.39 is 151 Å². The standard InChI is InChI=1S/C52H98N16O13/c1-9-29(6)11-10-12-40(71)59-32(13-19-53)47(76)68-42(31(8)70)52(81)64-35(16-22-56)44(73)63-37-18-24-58-51(80)41(30(7)69)67-48(77)36(17-23-57)61-43(72)33(14-20-54)62-49(78)38(25-27(2)3)66-50(79)39(26-28(4)5)65-45(74)34(15-21-55)60-46(37)75/h27-39,41-42,69-70H,9-26,53-57H2,1-8H3,(H,58,80)(H,59,71)(H,60,75)(H,61,72)(H,62,78)(H,63,73)(H,64,81)(H,65,74)(H,66,79)(H,67,77)(H,68,76)/t29?,30-,31-,32+,33+,34+,35+,36+,37+,38+,39-,41+,42+/m1/s1.